The summed E-state index contributed by atoms with van der Waals surface area (Å²) in [5, 5.41) is 5.02. The van der Waals surface area contributed by atoms with E-state index in [1.807, 2.05) is 48.5 Å². The Kier molecular flexibility index (Phi) is 6.08. The smallest absolute Gasteiger partial charge is 0.247 e. The molecule has 0 spiro atoms. The Morgan fingerprint density at radius 2 is 1.80 bits per heavy atom. The second kappa shape index (κ2) is 8.92. The molecule has 2 aliphatic rings. The number of hydrogen-bond acceptors (Lipinski definition) is 4. The van der Waals surface area contributed by atoms with Crippen LogP contribution in [0.3, 0.4) is 0 Å². The van der Waals surface area contributed by atoms with Gasteiger partial charge in [-0.15, -0.1) is 11.8 Å². The van der Waals surface area contributed by atoms with Crippen molar-refractivity contribution in [1.29, 1.82) is 0 Å². The summed E-state index contributed by atoms with van der Waals surface area (Å²) in [6, 6.07) is 15.4. The van der Waals surface area contributed by atoms with Gasteiger partial charge in [0.05, 0.1) is 5.69 Å². The summed E-state index contributed by atoms with van der Waals surface area (Å²) in [7, 11) is 0. The van der Waals surface area contributed by atoms with Crippen LogP contribution in [-0.2, 0) is 20.8 Å². The summed E-state index contributed by atoms with van der Waals surface area (Å²) in [5.41, 5.74) is 2.77. The highest BCUT2D eigenvalue weighted by Crippen LogP contribution is 2.36. The highest BCUT2D eigenvalue weighted by molar-refractivity contribution is 8.01. The number of likely N-dealkylation sites (tertiary alicyclic amines) is 1. The molecule has 7 heteroatoms. The zero-order valence-corrected chi connectivity index (χ0v) is 17.7. The number of benzene rings is 2. The maximum Gasteiger partial charge on any atom is 0.247 e. The number of carbonyl (C=O) groups is 3. The summed E-state index contributed by atoms with van der Waals surface area (Å²) >= 11 is 1.30. The molecule has 0 aromatic heterocycles. The van der Waals surface area contributed by atoms with Gasteiger partial charge in [0.25, 0.3) is 0 Å². The highest BCUT2D eigenvalue weighted by atomic mass is 32.2. The molecule has 2 aliphatic heterocycles. The van der Waals surface area contributed by atoms with Crippen LogP contribution >= 0.6 is 11.8 Å². The molecule has 2 aromatic rings. The van der Waals surface area contributed by atoms with Gasteiger partial charge in [0.15, 0.2) is 5.25 Å². The predicted octanol–water partition coefficient (Wildman–Crippen LogP) is 3.54. The van der Waals surface area contributed by atoms with Crippen molar-refractivity contribution < 1.29 is 14.4 Å². The lowest BCUT2D eigenvalue weighted by Crippen LogP contribution is -2.48. The molecule has 1 atom stereocenters. The summed E-state index contributed by atoms with van der Waals surface area (Å²) in [6.45, 7) is 3.06. The Morgan fingerprint density at radius 1 is 1.10 bits per heavy atom. The molecule has 0 bridgehead atoms. The quantitative estimate of drug-likeness (QED) is 0.738. The largest absolute Gasteiger partial charge is 0.341 e. The van der Waals surface area contributed by atoms with E-state index in [-0.39, 0.29) is 23.6 Å². The van der Waals surface area contributed by atoms with Gasteiger partial charge < -0.3 is 15.5 Å². The third-order valence-electron chi connectivity index (χ3n) is 5.66. The third kappa shape index (κ3) is 4.36. The summed E-state index contributed by atoms with van der Waals surface area (Å²) in [5.74, 6) is -0.598. The number of para-hydroxylation sites is 1. The van der Waals surface area contributed by atoms with Gasteiger partial charge in [0.2, 0.25) is 17.7 Å². The fourth-order valence-electron chi connectivity index (χ4n) is 3.81. The lowest BCUT2D eigenvalue weighted by Gasteiger charge is -2.34. The minimum absolute atomic E-state index is 0.00920. The minimum atomic E-state index is -0.776. The van der Waals surface area contributed by atoms with Crippen molar-refractivity contribution in [3.63, 3.8) is 0 Å². The van der Waals surface area contributed by atoms with E-state index in [1.54, 1.807) is 4.90 Å². The second-order valence-corrected chi connectivity index (χ2v) is 8.77. The third-order valence-corrected chi connectivity index (χ3v) is 6.92. The fraction of sp³-hybridized carbons (Fsp3) is 0.348. The van der Waals surface area contributed by atoms with Crippen LogP contribution in [0.1, 0.15) is 25.3 Å². The van der Waals surface area contributed by atoms with Crippen molar-refractivity contribution in [2.75, 3.05) is 23.7 Å². The number of aryl methyl sites for hydroxylation is 1. The van der Waals surface area contributed by atoms with Gasteiger partial charge in [0.1, 0.15) is 0 Å². The van der Waals surface area contributed by atoms with Crippen LogP contribution in [0.15, 0.2) is 53.4 Å². The fourth-order valence-corrected chi connectivity index (χ4v) is 4.88. The molecule has 3 amide bonds. The van der Waals surface area contributed by atoms with E-state index in [2.05, 4.69) is 17.6 Å². The molecular weight excluding hydrogens is 398 g/mol. The summed E-state index contributed by atoms with van der Waals surface area (Å²) in [4.78, 5) is 40.6. The number of anilines is 2. The van der Waals surface area contributed by atoms with Crippen LogP contribution in [0.4, 0.5) is 11.4 Å². The number of thioether (sulfide) groups is 1. The zero-order chi connectivity index (χ0) is 21.1. The first kappa shape index (κ1) is 20.5. The molecule has 4 rings (SSSR count). The van der Waals surface area contributed by atoms with Crippen molar-refractivity contribution in [2.24, 2.45) is 5.92 Å². The highest BCUT2D eigenvalue weighted by Gasteiger charge is 2.37. The van der Waals surface area contributed by atoms with E-state index >= 15 is 0 Å². The van der Waals surface area contributed by atoms with Gasteiger partial charge in [0, 0.05) is 29.6 Å². The van der Waals surface area contributed by atoms with E-state index in [4.69, 9.17) is 0 Å². The van der Waals surface area contributed by atoms with E-state index in [0.717, 1.165) is 22.7 Å². The average Bonchev–Trinajstić information content (AvgIpc) is 2.78. The van der Waals surface area contributed by atoms with Crippen LogP contribution in [0.2, 0.25) is 0 Å². The average molecular weight is 424 g/mol. The number of rotatable bonds is 4. The lowest BCUT2D eigenvalue weighted by molar-refractivity contribution is -0.136. The van der Waals surface area contributed by atoms with E-state index < -0.39 is 5.25 Å². The number of piperidine rings is 1. The van der Waals surface area contributed by atoms with Crippen molar-refractivity contribution in [2.45, 2.75) is 36.3 Å². The van der Waals surface area contributed by atoms with Crippen LogP contribution in [-0.4, -0.2) is 41.0 Å². The first-order valence-electron chi connectivity index (χ1n) is 10.3. The van der Waals surface area contributed by atoms with Gasteiger partial charge in [-0.25, -0.2) is 0 Å². The Hall–Kier alpha value is -2.80. The van der Waals surface area contributed by atoms with Gasteiger partial charge >= 0.3 is 0 Å². The number of nitrogens with zero attached hydrogens (tertiary/aromatic N) is 1. The molecule has 1 saturated heterocycles. The van der Waals surface area contributed by atoms with Crippen LogP contribution in [0.5, 0.6) is 0 Å². The normalized spacial score (nSPS) is 19.0. The molecule has 1 fully saturated rings. The molecule has 2 N–H and O–H groups in total. The van der Waals surface area contributed by atoms with Crippen molar-refractivity contribution in [3.8, 4) is 0 Å². The molecule has 2 aromatic carbocycles. The lowest BCUT2D eigenvalue weighted by atomic mass is 9.95. The Morgan fingerprint density at radius 3 is 2.50 bits per heavy atom. The monoisotopic (exact) mass is 423 g/mol. The zero-order valence-electron chi connectivity index (χ0n) is 16.9. The van der Waals surface area contributed by atoms with Crippen LogP contribution in [0, 0.1) is 5.92 Å². The molecule has 0 aliphatic carbocycles. The minimum Gasteiger partial charge on any atom is -0.341 e. The topological polar surface area (TPSA) is 78.5 Å². The summed E-state index contributed by atoms with van der Waals surface area (Å²) in [6.07, 6.45) is 2.16. The first-order valence-corrected chi connectivity index (χ1v) is 11.2. The Balaban J connectivity index is 1.32. The van der Waals surface area contributed by atoms with Crippen molar-refractivity contribution in [3.05, 3.63) is 54.1 Å². The van der Waals surface area contributed by atoms with Crippen LogP contribution in [0.25, 0.3) is 0 Å². The van der Waals surface area contributed by atoms with E-state index in [1.165, 1.54) is 17.3 Å². The molecule has 30 heavy (non-hydrogen) atoms. The van der Waals surface area contributed by atoms with Gasteiger partial charge in [-0.3, -0.25) is 14.4 Å². The molecular formula is C23H25N3O3S. The van der Waals surface area contributed by atoms with Crippen molar-refractivity contribution >= 4 is 40.9 Å². The molecule has 6 nitrogen and oxygen atoms in total. The first-order chi connectivity index (χ1) is 14.5. The maximum absolute atomic E-state index is 12.9. The van der Waals surface area contributed by atoms with Gasteiger partial charge in [-0.2, -0.15) is 0 Å². The molecule has 156 valence electrons. The number of nitrogens with one attached hydrogen (secondary N) is 2. The molecule has 0 radical (unpaired) electrons. The van der Waals surface area contributed by atoms with Crippen LogP contribution < -0.4 is 10.6 Å². The standard InChI is InChI=1S/C23H25N3O3S/c1-2-15-7-9-17(10-8-15)24-21(27)16-11-13-26(14-12-16)23(29)20-22(28)25-18-5-3-4-6-19(18)30-20/h3-10,16,20H,2,11-14H2,1H3,(H,24,27)(H,25,28)/t20-/m0/s1. The maximum atomic E-state index is 12.9. The molecule has 2 heterocycles. The Bertz CT molecular complexity index is 952. The number of fused-ring (bicyclic) bond motifs is 1. The van der Waals surface area contributed by atoms with Gasteiger partial charge in [-0.05, 0) is 49.1 Å². The van der Waals surface area contributed by atoms with Crippen molar-refractivity contribution in [1.82, 2.24) is 4.90 Å². The predicted molar refractivity (Wildman–Crippen MR) is 118 cm³/mol. The van der Waals surface area contributed by atoms with Gasteiger partial charge in [-0.1, -0.05) is 31.2 Å². The molecule has 0 unspecified atom stereocenters. The number of amides is 3. The second-order valence-electron chi connectivity index (χ2n) is 7.62. The number of hydrogen-bond donors (Lipinski definition) is 2. The number of carbonyl (C=O) groups excluding carboxylic acids is 3. The Labute approximate surface area is 180 Å². The summed E-state index contributed by atoms with van der Waals surface area (Å²) < 4.78 is 0. The van der Waals surface area contributed by atoms with E-state index in [9.17, 15) is 14.4 Å². The molecule has 0 saturated carbocycles. The SMILES string of the molecule is CCc1ccc(NC(=O)C2CCN(C(=O)[C@H]3Sc4ccccc4NC3=O)CC2)cc1. The van der Waals surface area contributed by atoms with E-state index in [0.29, 0.717) is 25.9 Å².